The maximum atomic E-state index is 6.17. The topological polar surface area (TPSA) is 12.0 Å². The lowest BCUT2D eigenvalue weighted by Gasteiger charge is -2.20. The standard InChI is InChI=1S/C17H20ClN/c1-4-16(14-10-8-12(2)9-11-14)19-17-7-5-6-15(18)13(17)3/h5-11,16,19H,4H2,1-3H3. The molecule has 2 aromatic rings. The Labute approximate surface area is 120 Å². The van der Waals surface area contributed by atoms with E-state index < -0.39 is 0 Å². The minimum Gasteiger partial charge on any atom is -0.378 e. The van der Waals surface area contributed by atoms with Crippen LogP contribution < -0.4 is 5.32 Å². The van der Waals surface area contributed by atoms with Crippen molar-refractivity contribution in [3.63, 3.8) is 0 Å². The molecule has 0 saturated carbocycles. The first-order chi connectivity index (χ1) is 9.11. The molecule has 0 bridgehead atoms. The van der Waals surface area contributed by atoms with Crippen molar-refractivity contribution in [1.82, 2.24) is 0 Å². The van der Waals surface area contributed by atoms with E-state index in [1.807, 2.05) is 19.1 Å². The third-order valence-electron chi connectivity index (χ3n) is 3.49. The van der Waals surface area contributed by atoms with Gasteiger partial charge in [-0.15, -0.1) is 0 Å². The van der Waals surface area contributed by atoms with Gasteiger partial charge in [-0.3, -0.25) is 0 Å². The molecular formula is C17H20ClN. The molecule has 0 aliphatic heterocycles. The van der Waals surface area contributed by atoms with Crippen molar-refractivity contribution in [1.29, 1.82) is 0 Å². The number of benzene rings is 2. The summed E-state index contributed by atoms with van der Waals surface area (Å²) in [6.07, 6.45) is 1.04. The fourth-order valence-electron chi connectivity index (χ4n) is 2.17. The molecular weight excluding hydrogens is 254 g/mol. The Kier molecular flexibility index (Phi) is 4.49. The maximum absolute atomic E-state index is 6.17. The molecule has 0 heterocycles. The molecule has 1 atom stereocenters. The largest absolute Gasteiger partial charge is 0.378 e. The highest BCUT2D eigenvalue weighted by Gasteiger charge is 2.11. The van der Waals surface area contributed by atoms with Crippen LogP contribution in [-0.2, 0) is 0 Å². The van der Waals surface area contributed by atoms with Gasteiger partial charge in [0.25, 0.3) is 0 Å². The second-order valence-electron chi connectivity index (χ2n) is 4.93. The van der Waals surface area contributed by atoms with E-state index in [0.29, 0.717) is 6.04 Å². The van der Waals surface area contributed by atoms with Crippen molar-refractivity contribution in [2.45, 2.75) is 33.2 Å². The van der Waals surface area contributed by atoms with E-state index in [0.717, 1.165) is 22.7 Å². The normalized spacial score (nSPS) is 12.2. The summed E-state index contributed by atoms with van der Waals surface area (Å²) in [5.74, 6) is 0. The second kappa shape index (κ2) is 6.12. The summed E-state index contributed by atoms with van der Waals surface area (Å²) < 4.78 is 0. The number of rotatable bonds is 4. The Balaban J connectivity index is 2.24. The lowest BCUT2D eigenvalue weighted by molar-refractivity contribution is 0.748. The van der Waals surface area contributed by atoms with Gasteiger partial charge in [0, 0.05) is 10.7 Å². The number of hydrogen-bond donors (Lipinski definition) is 1. The Morgan fingerprint density at radius 1 is 1.05 bits per heavy atom. The number of aryl methyl sites for hydroxylation is 1. The van der Waals surface area contributed by atoms with Crippen molar-refractivity contribution in [2.75, 3.05) is 5.32 Å². The number of anilines is 1. The summed E-state index contributed by atoms with van der Waals surface area (Å²) in [5.41, 5.74) is 4.82. The first-order valence-corrected chi connectivity index (χ1v) is 7.08. The van der Waals surface area contributed by atoms with Crippen LogP contribution >= 0.6 is 11.6 Å². The Morgan fingerprint density at radius 3 is 2.37 bits per heavy atom. The van der Waals surface area contributed by atoms with Crippen LogP contribution in [0.2, 0.25) is 5.02 Å². The molecule has 1 unspecified atom stereocenters. The minimum atomic E-state index is 0.317. The zero-order chi connectivity index (χ0) is 13.8. The smallest absolute Gasteiger partial charge is 0.0511 e. The van der Waals surface area contributed by atoms with Gasteiger partial charge in [-0.2, -0.15) is 0 Å². The highest BCUT2D eigenvalue weighted by molar-refractivity contribution is 6.31. The van der Waals surface area contributed by atoms with Crippen LogP contribution in [0.25, 0.3) is 0 Å². The van der Waals surface area contributed by atoms with Gasteiger partial charge in [-0.25, -0.2) is 0 Å². The van der Waals surface area contributed by atoms with Gasteiger partial charge in [0.2, 0.25) is 0 Å². The predicted molar refractivity (Wildman–Crippen MR) is 84.0 cm³/mol. The maximum Gasteiger partial charge on any atom is 0.0511 e. The van der Waals surface area contributed by atoms with Gasteiger partial charge in [0.05, 0.1) is 6.04 Å². The summed E-state index contributed by atoms with van der Waals surface area (Å²) in [6, 6.07) is 15.0. The van der Waals surface area contributed by atoms with Crippen LogP contribution in [0.1, 0.15) is 36.1 Å². The van der Waals surface area contributed by atoms with E-state index in [9.17, 15) is 0 Å². The second-order valence-corrected chi connectivity index (χ2v) is 5.34. The summed E-state index contributed by atoms with van der Waals surface area (Å²) in [6.45, 7) is 6.35. The molecule has 2 heteroatoms. The van der Waals surface area contributed by atoms with E-state index in [1.54, 1.807) is 0 Å². The Morgan fingerprint density at radius 2 is 1.74 bits per heavy atom. The number of nitrogens with one attached hydrogen (secondary N) is 1. The molecule has 0 spiro atoms. The van der Waals surface area contributed by atoms with E-state index in [2.05, 4.69) is 49.5 Å². The number of hydrogen-bond acceptors (Lipinski definition) is 1. The van der Waals surface area contributed by atoms with E-state index in [4.69, 9.17) is 11.6 Å². The summed E-state index contributed by atoms with van der Waals surface area (Å²) >= 11 is 6.17. The van der Waals surface area contributed by atoms with Crippen molar-refractivity contribution >= 4 is 17.3 Å². The molecule has 100 valence electrons. The van der Waals surface area contributed by atoms with Gasteiger partial charge in [-0.1, -0.05) is 54.4 Å². The summed E-state index contributed by atoms with van der Waals surface area (Å²) in [5, 5.41) is 4.40. The number of halogens is 1. The molecule has 0 saturated heterocycles. The van der Waals surface area contributed by atoms with E-state index >= 15 is 0 Å². The Bertz CT molecular complexity index is 546. The quantitative estimate of drug-likeness (QED) is 0.773. The van der Waals surface area contributed by atoms with Crippen LogP contribution in [-0.4, -0.2) is 0 Å². The first-order valence-electron chi connectivity index (χ1n) is 6.70. The molecule has 0 aliphatic rings. The molecule has 1 N–H and O–H groups in total. The molecule has 2 aromatic carbocycles. The zero-order valence-electron chi connectivity index (χ0n) is 11.7. The molecule has 1 nitrogen and oxygen atoms in total. The third kappa shape index (κ3) is 3.30. The molecule has 0 radical (unpaired) electrons. The predicted octanol–water partition coefficient (Wildman–Crippen LogP) is 5.52. The van der Waals surface area contributed by atoms with Gasteiger partial charge < -0.3 is 5.32 Å². The van der Waals surface area contributed by atoms with Crippen LogP contribution in [0, 0.1) is 13.8 Å². The monoisotopic (exact) mass is 273 g/mol. The molecule has 19 heavy (non-hydrogen) atoms. The van der Waals surface area contributed by atoms with Crippen molar-refractivity contribution in [3.05, 3.63) is 64.2 Å². The minimum absolute atomic E-state index is 0.317. The van der Waals surface area contributed by atoms with Crippen LogP contribution in [0.5, 0.6) is 0 Å². The highest BCUT2D eigenvalue weighted by atomic mass is 35.5. The zero-order valence-corrected chi connectivity index (χ0v) is 12.5. The van der Waals surface area contributed by atoms with Crippen molar-refractivity contribution in [3.8, 4) is 0 Å². The van der Waals surface area contributed by atoms with Gasteiger partial charge in [0.15, 0.2) is 0 Å². The molecule has 0 amide bonds. The average Bonchev–Trinajstić information content (AvgIpc) is 2.42. The van der Waals surface area contributed by atoms with Crippen LogP contribution in [0.15, 0.2) is 42.5 Å². The summed E-state index contributed by atoms with van der Waals surface area (Å²) in [7, 11) is 0. The molecule has 0 aliphatic carbocycles. The van der Waals surface area contributed by atoms with E-state index in [1.165, 1.54) is 11.1 Å². The molecule has 0 aromatic heterocycles. The van der Waals surface area contributed by atoms with E-state index in [-0.39, 0.29) is 0 Å². The Hall–Kier alpha value is -1.47. The van der Waals surface area contributed by atoms with Crippen molar-refractivity contribution in [2.24, 2.45) is 0 Å². The lowest BCUT2D eigenvalue weighted by atomic mass is 10.0. The SMILES string of the molecule is CCC(Nc1cccc(Cl)c1C)c1ccc(C)cc1. The molecule has 2 rings (SSSR count). The van der Waals surface area contributed by atoms with Crippen molar-refractivity contribution < 1.29 is 0 Å². The molecule has 0 fully saturated rings. The van der Waals surface area contributed by atoms with Gasteiger partial charge >= 0.3 is 0 Å². The van der Waals surface area contributed by atoms with Crippen LogP contribution in [0.4, 0.5) is 5.69 Å². The first kappa shape index (κ1) is 14.0. The highest BCUT2D eigenvalue weighted by Crippen LogP contribution is 2.28. The average molecular weight is 274 g/mol. The third-order valence-corrected chi connectivity index (χ3v) is 3.89. The summed E-state index contributed by atoms with van der Waals surface area (Å²) in [4.78, 5) is 0. The fraction of sp³-hybridized carbons (Fsp3) is 0.294. The fourth-order valence-corrected chi connectivity index (χ4v) is 2.35. The van der Waals surface area contributed by atoms with Crippen LogP contribution in [0.3, 0.4) is 0 Å². The van der Waals surface area contributed by atoms with Gasteiger partial charge in [-0.05, 0) is 43.5 Å². The lowest BCUT2D eigenvalue weighted by Crippen LogP contribution is -2.10. The van der Waals surface area contributed by atoms with Gasteiger partial charge in [0.1, 0.15) is 0 Å².